The van der Waals surface area contributed by atoms with Crippen LogP contribution in [0.25, 0.3) is 22.4 Å². The Morgan fingerprint density at radius 1 is 1.15 bits per heavy atom. The molecule has 9 nitrogen and oxygen atoms in total. The number of hydrogen-bond acceptors (Lipinski definition) is 7. The van der Waals surface area contributed by atoms with Crippen molar-refractivity contribution in [2.45, 2.75) is 33.0 Å². The molecule has 0 spiro atoms. The number of amides is 1. The van der Waals surface area contributed by atoms with E-state index in [0.717, 1.165) is 0 Å². The van der Waals surface area contributed by atoms with Crippen molar-refractivity contribution in [3.05, 3.63) is 33.9 Å². The Morgan fingerprint density at radius 3 is 2.55 bits per heavy atom. The predicted octanol–water partition coefficient (Wildman–Crippen LogP) is 4.53. The molecule has 0 aliphatic carbocycles. The lowest BCUT2D eigenvalue weighted by atomic mass is 10.1. The van der Waals surface area contributed by atoms with Gasteiger partial charge in [-0.15, -0.1) is 0 Å². The van der Waals surface area contributed by atoms with Crippen LogP contribution in [0.2, 0.25) is 10.0 Å². The molecule has 0 bridgehead atoms. The van der Waals surface area contributed by atoms with E-state index in [0.29, 0.717) is 70.2 Å². The predicted molar refractivity (Wildman–Crippen MR) is 128 cm³/mol. The molecule has 1 aliphatic heterocycles. The molecular formula is C22H26Cl2N6O3. The van der Waals surface area contributed by atoms with Crippen molar-refractivity contribution in [2.24, 2.45) is 0 Å². The maximum atomic E-state index is 12.4. The molecule has 2 aromatic heterocycles. The van der Waals surface area contributed by atoms with Crippen molar-refractivity contribution < 1.29 is 14.3 Å². The first-order valence-electron chi connectivity index (χ1n) is 10.6. The number of nitrogens with one attached hydrogen (secondary N) is 1. The largest absolute Gasteiger partial charge is 0.444 e. The Balaban J connectivity index is 1.62. The molecule has 1 aliphatic rings. The van der Waals surface area contributed by atoms with E-state index in [-0.39, 0.29) is 12.7 Å². The van der Waals surface area contributed by atoms with Gasteiger partial charge in [-0.25, -0.2) is 14.8 Å². The molecule has 4 rings (SSSR count). The van der Waals surface area contributed by atoms with Crippen LogP contribution in [0.4, 0.5) is 10.6 Å². The van der Waals surface area contributed by atoms with Gasteiger partial charge in [0.25, 0.3) is 0 Å². The normalized spacial score (nSPS) is 14.7. The lowest BCUT2D eigenvalue weighted by Gasteiger charge is -2.36. The third-order valence-electron chi connectivity index (χ3n) is 5.16. The van der Waals surface area contributed by atoms with E-state index in [1.165, 1.54) is 0 Å². The van der Waals surface area contributed by atoms with Gasteiger partial charge < -0.3 is 19.3 Å². The molecule has 0 saturated carbocycles. The Bertz CT molecular complexity index is 1170. The van der Waals surface area contributed by atoms with E-state index < -0.39 is 5.60 Å². The van der Waals surface area contributed by atoms with Gasteiger partial charge in [0.1, 0.15) is 22.5 Å². The fourth-order valence-electron chi connectivity index (χ4n) is 3.65. The van der Waals surface area contributed by atoms with E-state index in [1.807, 2.05) is 32.9 Å². The monoisotopic (exact) mass is 492 g/mol. The Hall–Kier alpha value is -2.62. The molecule has 1 saturated heterocycles. The summed E-state index contributed by atoms with van der Waals surface area (Å²) in [5, 5.41) is 8.21. The molecule has 3 heterocycles. The number of rotatable bonds is 4. The number of carbonyl (C=O) groups is 1. The number of carbonyl (C=O) groups excluding carboxylic acids is 1. The average Bonchev–Trinajstić information content (AvgIpc) is 3.17. The summed E-state index contributed by atoms with van der Waals surface area (Å²) in [5.41, 5.74) is 2.51. The zero-order chi connectivity index (χ0) is 23.8. The third kappa shape index (κ3) is 5.00. The molecule has 1 aromatic carbocycles. The second kappa shape index (κ2) is 9.32. The van der Waals surface area contributed by atoms with Gasteiger partial charge in [0.2, 0.25) is 0 Å². The zero-order valence-corrected chi connectivity index (χ0v) is 20.5. The fraction of sp³-hybridized carbons (Fsp3) is 0.455. The van der Waals surface area contributed by atoms with Crippen LogP contribution in [-0.2, 0) is 16.1 Å². The number of nitrogens with zero attached hydrogens (tertiary/aromatic N) is 5. The quantitative estimate of drug-likeness (QED) is 0.571. The molecule has 3 aromatic rings. The number of hydrogen-bond donors (Lipinski definition) is 1. The van der Waals surface area contributed by atoms with Gasteiger partial charge in [-0.1, -0.05) is 35.3 Å². The maximum Gasteiger partial charge on any atom is 0.410 e. The summed E-state index contributed by atoms with van der Waals surface area (Å²) in [5.74, 6) is 0.695. The highest BCUT2D eigenvalue weighted by molar-refractivity contribution is 6.43. The smallest absolute Gasteiger partial charge is 0.410 e. The topological polar surface area (TPSA) is 96.5 Å². The van der Waals surface area contributed by atoms with Crippen molar-refractivity contribution in [1.82, 2.24) is 25.1 Å². The van der Waals surface area contributed by atoms with Gasteiger partial charge in [0.05, 0.1) is 16.7 Å². The number of anilines is 1. The highest BCUT2D eigenvalue weighted by Crippen LogP contribution is 2.35. The molecule has 176 valence electrons. The highest BCUT2D eigenvalue weighted by atomic mass is 35.5. The van der Waals surface area contributed by atoms with Gasteiger partial charge in [0, 0.05) is 38.9 Å². The SMILES string of the molecule is COCc1nc2c(-c3cccc(Cl)c3Cl)n[nH]c2nc1N1CCN(C(=O)OC(C)(C)C)CC1. The first-order chi connectivity index (χ1) is 15.7. The first kappa shape index (κ1) is 23.5. The molecule has 0 atom stereocenters. The Morgan fingerprint density at radius 2 is 1.88 bits per heavy atom. The number of methoxy groups -OCH3 is 1. The van der Waals surface area contributed by atoms with Crippen LogP contribution in [0, 0.1) is 0 Å². The summed E-state index contributed by atoms with van der Waals surface area (Å²) in [7, 11) is 1.61. The molecular weight excluding hydrogens is 467 g/mol. The van der Waals surface area contributed by atoms with Crippen molar-refractivity contribution in [3.8, 4) is 11.3 Å². The average molecular weight is 493 g/mol. The molecule has 1 fully saturated rings. The van der Waals surface area contributed by atoms with Crippen LogP contribution in [0.1, 0.15) is 26.5 Å². The number of piperazine rings is 1. The first-order valence-corrected chi connectivity index (χ1v) is 11.3. The Labute approximate surface area is 202 Å². The maximum absolute atomic E-state index is 12.4. The van der Waals surface area contributed by atoms with Crippen molar-refractivity contribution in [3.63, 3.8) is 0 Å². The van der Waals surface area contributed by atoms with Crippen molar-refractivity contribution >= 4 is 46.3 Å². The number of ether oxygens (including phenoxy) is 2. The highest BCUT2D eigenvalue weighted by Gasteiger charge is 2.28. The Kier molecular flexibility index (Phi) is 6.65. The second-order valence-electron chi connectivity index (χ2n) is 8.75. The number of H-pyrrole nitrogens is 1. The standard InChI is InChI=1S/C22H26Cl2N6O3/c1-22(2,3)33-21(31)30-10-8-29(9-11-30)20-15(12-32-4)25-18-17(27-28-19(18)26-20)13-6-5-7-14(23)16(13)24/h5-7H,8-12H2,1-4H3,(H,26,27,28). The van der Waals surface area contributed by atoms with Crippen LogP contribution >= 0.6 is 23.2 Å². The van der Waals surface area contributed by atoms with Crippen LogP contribution in [0.15, 0.2) is 18.2 Å². The zero-order valence-electron chi connectivity index (χ0n) is 19.0. The van der Waals surface area contributed by atoms with Crippen LogP contribution in [0.5, 0.6) is 0 Å². The van der Waals surface area contributed by atoms with Gasteiger partial charge in [-0.3, -0.25) is 5.10 Å². The molecule has 1 amide bonds. The summed E-state index contributed by atoms with van der Waals surface area (Å²) in [6, 6.07) is 5.37. The van der Waals surface area contributed by atoms with E-state index in [4.69, 9.17) is 42.6 Å². The van der Waals surface area contributed by atoms with Gasteiger partial charge in [-0.05, 0) is 26.8 Å². The minimum absolute atomic E-state index is 0.276. The van der Waals surface area contributed by atoms with Crippen molar-refractivity contribution in [1.29, 1.82) is 0 Å². The van der Waals surface area contributed by atoms with Gasteiger partial charge >= 0.3 is 6.09 Å². The van der Waals surface area contributed by atoms with E-state index in [9.17, 15) is 4.79 Å². The number of aromatic nitrogens is 4. The third-order valence-corrected chi connectivity index (χ3v) is 5.98. The summed E-state index contributed by atoms with van der Waals surface area (Å²) in [6.07, 6.45) is -0.308. The minimum Gasteiger partial charge on any atom is -0.444 e. The summed E-state index contributed by atoms with van der Waals surface area (Å²) < 4.78 is 10.9. The minimum atomic E-state index is -0.527. The lowest BCUT2D eigenvalue weighted by Crippen LogP contribution is -2.50. The fourth-order valence-corrected chi connectivity index (χ4v) is 4.04. The number of benzene rings is 1. The van der Waals surface area contributed by atoms with Crippen LogP contribution < -0.4 is 4.90 Å². The molecule has 0 unspecified atom stereocenters. The molecule has 0 radical (unpaired) electrons. The van der Waals surface area contributed by atoms with Gasteiger partial charge in [-0.2, -0.15) is 5.10 Å². The molecule has 33 heavy (non-hydrogen) atoms. The summed E-state index contributed by atoms with van der Waals surface area (Å²) in [4.78, 5) is 25.8. The number of halogens is 2. The molecule has 11 heteroatoms. The number of fused-ring (bicyclic) bond motifs is 1. The second-order valence-corrected chi connectivity index (χ2v) is 9.54. The van der Waals surface area contributed by atoms with E-state index in [1.54, 1.807) is 18.1 Å². The van der Waals surface area contributed by atoms with Crippen LogP contribution in [-0.4, -0.2) is 70.0 Å². The van der Waals surface area contributed by atoms with Crippen LogP contribution in [0.3, 0.4) is 0 Å². The summed E-state index contributed by atoms with van der Waals surface area (Å²) >= 11 is 12.6. The van der Waals surface area contributed by atoms with E-state index >= 15 is 0 Å². The van der Waals surface area contributed by atoms with E-state index in [2.05, 4.69) is 15.1 Å². The number of aromatic amines is 1. The summed E-state index contributed by atoms with van der Waals surface area (Å²) in [6.45, 7) is 8.09. The lowest BCUT2D eigenvalue weighted by molar-refractivity contribution is 0.0240. The molecule has 1 N–H and O–H groups in total. The van der Waals surface area contributed by atoms with Gasteiger partial charge in [0.15, 0.2) is 11.5 Å². The van der Waals surface area contributed by atoms with Crippen molar-refractivity contribution in [2.75, 3.05) is 38.2 Å².